The quantitative estimate of drug-likeness (QED) is 0.451. The summed E-state index contributed by atoms with van der Waals surface area (Å²) in [5.41, 5.74) is 1.71. The Kier molecular flexibility index (Phi) is 6.56. The summed E-state index contributed by atoms with van der Waals surface area (Å²) in [4.78, 5) is 16.2. The minimum atomic E-state index is -3.77. The molecule has 1 atom stereocenters. The third-order valence-electron chi connectivity index (χ3n) is 5.10. The molecule has 2 aromatic carbocycles. The molecular formula is C21H19Cl2N3O4S2. The molecule has 1 aliphatic heterocycles. The van der Waals surface area contributed by atoms with Crippen molar-refractivity contribution in [3.05, 3.63) is 57.6 Å². The number of carbonyl (C=O) groups is 1. The first-order chi connectivity index (χ1) is 15.2. The molecule has 32 heavy (non-hydrogen) atoms. The van der Waals surface area contributed by atoms with E-state index in [0.717, 1.165) is 5.75 Å². The van der Waals surface area contributed by atoms with Crippen molar-refractivity contribution < 1.29 is 18.3 Å². The number of rotatable bonds is 5. The molecule has 1 aromatic heterocycles. The summed E-state index contributed by atoms with van der Waals surface area (Å²) in [6.07, 6.45) is 0. The van der Waals surface area contributed by atoms with Crippen LogP contribution < -0.4 is 10.6 Å². The van der Waals surface area contributed by atoms with E-state index >= 15 is 0 Å². The molecule has 0 radical (unpaired) electrons. The van der Waals surface area contributed by atoms with E-state index in [-0.39, 0.29) is 16.3 Å². The van der Waals surface area contributed by atoms with Crippen LogP contribution in [0.2, 0.25) is 10.0 Å². The van der Waals surface area contributed by atoms with Crippen LogP contribution in [0.15, 0.2) is 41.4 Å². The Morgan fingerprint density at radius 3 is 2.69 bits per heavy atom. The SMILES string of the molecule is Cc1cc(Nc2cc(S(=O)(=O)C3CSCCN3)nc3ccc(Cl)cc23)c(C(=O)O)cc1Cl. The second-order valence-corrected chi connectivity index (χ2v) is 11.4. The predicted octanol–water partition coefficient (Wildman–Crippen LogP) is 4.73. The van der Waals surface area contributed by atoms with Gasteiger partial charge in [-0.05, 0) is 48.9 Å². The predicted molar refractivity (Wildman–Crippen MR) is 129 cm³/mol. The Morgan fingerprint density at radius 1 is 1.22 bits per heavy atom. The zero-order chi connectivity index (χ0) is 23.0. The summed E-state index contributed by atoms with van der Waals surface area (Å²) in [6, 6.07) is 9.30. The lowest BCUT2D eigenvalue weighted by Gasteiger charge is -2.23. The highest BCUT2D eigenvalue weighted by molar-refractivity contribution is 8.01. The van der Waals surface area contributed by atoms with Gasteiger partial charge in [-0.3, -0.25) is 5.32 Å². The van der Waals surface area contributed by atoms with Crippen molar-refractivity contribution in [3.8, 4) is 0 Å². The molecule has 1 unspecified atom stereocenters. The first kappa shape index (κ1) is 23.1. The van der Waals surface area contributed by atoms with Gasteiger partial charge in [-0.15, -0.1) is 0 Å². The number of nitrogens with zero attached hydrogens (tertiary/aromatic N) is 1. The van der Waals surface area contributed by atoms with Crippen molar-refractivity contribution in [3.63, 3.8) is 0 Å². The van der Waals surface area contributed by atoms with Crippen molar-refractivity contribution in [2.24, 2.45) is 0 Å². The molecule has 0 bridgehead atoms. The Hall–Kier alpha value is -2.04. The number of anilines is 2. The van der Waals surface area contributed by atoms with Crippen LogP contribution in [0.3, 0.4) is 0 Å². The minimum Gasteiger partial charge on any atom is -0.478 e. The topological polar surface area (TPSA) is 108 Å². The third-order valence-corrected chi connectivity index (χ3v) is 8.89. The van der Waals surface area contributed by atoms with E-state index in [1.54, 1.807) is 43.0 Å². The van der Waals surface area contributed by atoms with E-state index < -0.39 is 21.2 Å². The van der Waals surface area contributed by atoms with E-state index in [4.69, 9.17) is 23.2 Å². The maximum atomic E-state index is 13.3. The molecule has 11 heteroatoms. The summed E-state index contributed by atoms with van der Waals surface area (Å²) >= 11 is 13.9. The van der Waals surface area contributed by atoms with Gasteiger partial charge < -0.3 is 10.4 Å². The lowest BCUT2D eigenvalue weighted by atomic mass is 10.1. The molecule has 3 aromatic rings. The Labute approximate surface area is 199 Å². The highest BCUT2D eigenvalue weighted by Crippen LogP contribution is 2.34. The van der Waals surface area contributed by atoms with Crippen molar-refractivity contribution in [1.82, 2.24) is 10.3 Å². The lowest BCUT2D eigenvalue weighted by molar-refractivity contribution is 0.0698. The number of aryl methyl sites for hydroxylation is 1. The number of hydrogen-bond donors (Lipinski definition) is 3. The minimum absolute atomic E-state index is 0.0395. The van der Waals surface area contributed by atoms with Crippen LogP contribution >= 0.6 is 35.0 Å². The van der Waals surface area contributed by atoms with Crippen LogP contribution in [0.1, 0.15) is 15.9 Å². The molecule has 0 spiro atoms. The fourth-order valence-electron chi connectivity index (χ4n) is 3.42. The van der Waals surface area contributed by atoms with Crippen LogP contribution in [0, 0.1) is 6.92 Å². The number of benzene rings is 2. The molecule has 168 valence electrons. The average molecular weight is 512 g/mol. The zero-order valence-electron chi connectivity index (χ0n) is 16.9. The molecule has 7 nitrogen and oxygen atoms in total. The second-order valence-electron chi connectivity index (χ2n) is 7.31. The van der Waals surface area contributed by atoms with Crippen LogP contribution in [-0.4, -0.2) is 47.9 Å². The van der Waals surface area contributed by atoms with Gasteiger partial charge in [-0.25, -0.2) is 18.2 Å². The van der Waals surface area contributed by atoms with Gasteiger partial charge in [-0.1, -0.05) is 23.2 Å². The number of hydrogen-bond acceptors (Lipinski definition) is 7. The van der Waals surface area contributed by atoms with Crippen molar-refractivity contribution in [1.29, 1.82) is 0 Å². The number of carboxylic acid groups (broad SMARTS) is 1. The standard InChI is InChI=1S/C21H19Cl2N3O4S2/c1-11-6-17(14(21(27)28)8-15(11)23)25-18-9-19(26-16-3-2-12(22)7-13(16)18)32(29,30)20-10-31-5-4-24-20/h2-3,6-9,20,24H,4-5,10H2,1H3,(H,25,26)(H,27,28). The third kappa shape index (κ3) is 4.53. The molecule has 2 heterocycles. The van der Waals surface area contributed by atoms with Gasteiger partial charge in [0.25, 0.3) is 0 Å². The van der Waals surface area contributed by atoms with E-state index in [9.17, 15) is 18.3 Å². The fourth-order valence-corrected chi connectivity index (χ4v) is 6.65. The molecule has 3 N–H and O–H groups in total. The van der Waals surface area contributed by atoms with Gasteiger partial charge in [0.05, 0.1) is 22.5 Å². The maximum absolute atomic E-state index is 13.3. The summed E-state index contributed by atoms with van der Waals surface area (Å²) in [5, 5.41) is 16.2. The molecular weight excluding hydrogens is 493 g/mol. The van der Waals surface area contributed by atoms with Crippen LogP contribution in [0.25, 0.3) is 10.9 Å². The Morgan fingerprint density at radius 2 is 2.00 bits per heavy atom. The summed E-state index contributed by atoms with van der Waals surface area (Å²) < 4.78 is 26.5. The zero-order valence-corrected chi connectivity index (χ0v) is 20.0. The number of aromatic nitrogens is 1. The van der Waals surface area contributed by atoms with Crippen molar-refractivity contribution in [2.75, 3.05) is 23.4 Å². The molecule has 1 fully saturated rings. The van der Waals surface area contributed by atoms with E-state index in [1.807, 2.05) is 0 Å². The highest BCUT2D eigenvalue weighted by atomic mass is 35.5. The number of carboxylic acids is 1. The summed E-state index contributed by atoms with van der Waals surface area (Å²) in [5.74, 6) is 0.100. The molecule has 0 saturated carbocycles. The van der Waals surface area contributed by atoms with Gasteiger partial charge in [0.15, 0.2) is 5.03 Å². The van der Waals surface area contributed by atoms with Crippen molar-refractivity contribution in [2.45, 2.75) is 17.3 Å². The lowest BCUT2D eigenvalue weighted by Crippen LogP contribution is -2.43. The summed E-state index contributed by atoms with van der Waals surface area (Å²) in [6.45, 7) is 2.35. The fraction of sp³-hybridized carbons (Fsp3) is 0.238. The number of fused-ring (bicyclic) bond motifs is 1. The van der Waals surface area contributed by atoms with Gasteiger partial charge in [0.1, 0.15) is 5.37 Å². The van der Waals surface area contributed by atoms with E-state index in [2.05, 4.69) is 15.6 Å². The van der Waals surface area contributed by atoms with Crippen LogP contribution in [0.5, 0.6) is 0 Å². The average Bonchev–Trinajstić information content (AvgIpc) is 2.76. The smallest absolute Gasteiger partial charge is 0.337 e. The maximum Gasteiger partial charge on any atom is 0.337 e. The molecule has 4 rings (SSSR count). The number of aromatic carboxylic acids is 1. The normalized spacial score (nSPS) is 16.8. The number of halogens is 2. The first-order valence-electron chi connectivity index (χ1n) is 9.62. The number of sulfone groups is 1. The molecule has 1 saturated heterocycles. The number of pyridine rings is 1. The van der Waals surface area contributed by atoms with Crippen molar-refractivity contribution >= 4 is 73.0 Å². The Bertz CT molecular complexity index is 1330. The monoisotopic (exact) mass is 511 g/mol. The van der Waals surface area contributed by atoms with Crippen LogP contribution in [0.4, 0.5) is 11.4 Å². The van der Waals surface area contributed by atoms with Crippen LogP contribution in [-0.2, 0) is 9.84 Å². The molecule has 0 amide bonds. The van der Waals surface area contributed by atoms with E-state index in [0.29, 0.717) is 44.5 Å². The van der Waals surface area contributed by atoms with Gasteiger partial charge in [0, 0.05) is 33.5 Å². The highest BCUT2D eigenvalue weighted by Gasteiger charge is 2.31. The number of thioether (sulfide) groups is 1. The number of nitrogens with one attached hydrogen (secondary N) is 2. The van der Waals surface area contributed by atoms with E-state index in [1.165, 1.54) is 12.1 Å². The second kappa shape index (κ2) is 9.07. The molecule has 0 aliphatic carbocycles. The van der Waals surface area contributed by atoms with Gasteiger partial charge >= 0.3 is 5.97 Å². The largest absolute Gasteiger partial charge is 0.478 e. The Balaban J connectivity index is 1.88. The molecule has 1 aliphatic rings. The summed E-state index contributed by atoms with van der Waals surface area (Å²) in [7, 11) is -3.77. The van der Waals surface area contributed by atoms with Gasteiger partial charge in [-0.2, -0.15) is 11.8 Å². The first-order valence-corrected chi connectivity index (χ1v) is 13.1. The van der Waals surface area contributed by atoms with Gasteiger partial charge in [0.2, 0.25) is 9.84 Å².